The molecule has 0 amide bonds. The Hall–Kier alpha value is -0.610. The first-order chi connectivity index (χ1) is 6.64. The molecule has 0 aromatic heterocycles. The van der Waals surface area contributed by atoms with E-state index in [1.807, 2.05) is 0 Å². The maximum atomic E-state index is 11.2. The first kappa shape index (κ1) is 9.93. The molecule has 0 spiro atoms. The molecule has 4 nitrogen and oxygen atoms in total. The first-order valence-electron chi connectivity index (χ1n) is 5.41. The Morgan fingerprint density at radius 2 is 2.07 bits per heavy atom. The van der Waals surface area contributed by atoms with E-state index in [1.165, 1.54) is 0 Å². The van der Waals surface area contributed by atoms with Crippen molar-refractivity contribution in [3.8, 4) is 0 Å². The van der Waals surface area contributed by atoms with Gasteiger partial charge in [0, 0.05) is 6.04 Å². The van der Waals surface area contributed by atoms with Crippen molar-refractivity contribution in [2.75, 3.05) is 13.1 Å². The van der Waals surface area contributed by atoms with Crippen molar-refractivity contribution in [2.24, 2.45) is 5.73 Å². The topological polar surface area (TPSA) is 66.6 Å². The zero-order valence-corrected chi connectivity index (χ0v) is 8.41. The van der Waals surface area contributed by atoms with Gasteiger partial charge in [0.1, 0.15) is 5.54 Å². The van der Waals surface area contributed by atoms with Gasteiger partial charge in [-0.3, -0.25) is 9.69 Å². The number of carbonyl (C=O) groups is 1. The SMILES string of the molecule is N[C@@]1(C(=O)O)CCCCN2CCC[C@@H]21. The summed E-state index contributed by atoms with van der Waals surface area (Å²) in [5, 5.41) is 9.22. The van der Waals surface area contributed by atoms with Gasteiger partial charge in [0.2, 0.25) is 0 Å². The summed E-state index contributed by atoms with van der Waals surface area (Å²) >= 11 is 0. The van der Waals surface area contributed by atoms with Crippen LogP contribution in [0.2, 0.25) is 0 Å². The maximum Gasteiger partial charge on any atom is 0.325 e. The Morgan fingerprint density at radius 3 is 2.79 bits per heavy atom. The highest BCUT2D eigenvalue weighted by molar-refractivity contribution is 5.79. The predicted octanol–water partition coefficient (Wildman–Crippen LogP) is 0.417. The molecule has 2 aliphatic heterocycles. The molecule has 3 N–H and O–H groups in total. The molecule has 0 aliphatic carbocycles. The van der Waals surface area contributed by atoms with E-state index < -0.39 is 11.5 Å². The van der Waals surface area contributed by atoms with Crippen LogP contribution in [-0.2, 0) is 4.79 Å². The van der Waals surface area contributed by atoms with Crippen molar-refractivity contribution >= 4 is 5.97 Å². The minimum absolute atomic E-state index is 0.0718. The molecule has 0 bridgehead atoms. The van der Waals surface area contributed by atoms with Crippen LogP contribution in [0.15, 0.2) is 0 Å². The number of nitrogens with zero attached hydrogens (tertiary/aromatic N) is 1. The molecule has 2 atom stereocenters. The van der Waals surface area contributed by atoms with Crippen molar-refractivity contribution in [1.29, 1.82) is 0 Å². The van der Waals surface area contributed by atoms with Crippen molar-refractivity contribution in [3.05, 3.63) is 0 Å². The third kappa shape index (κ3) is 1.42. The molecule has 2 rings (SSSR count). The third-order valence-corrected chi connectivity index (χ3v) is 3.64. The van der Waals surface area contributed by atoms with Gasteiger partial charge in [0.25, 0.3) is 0 Å². The second-order valence-electron chi connectivity index (χ2n) is 4.50. The molecule has 4 heteroatoms. The van der Waals surface area contributed by atoms with Crippen molar-refractivity contribution in [2.45, 2.75) is 43.7 Å². The number of fused-ring (bicyclic) bond motifs is 1. The molecule has 14 heavy (non-hydrogen) atoms. The lowest BCUT2D eigenvalue weighted by Gasteiger charge is -2.34. The van der Waals surface area contributed by atoms with Crippen molar-refractivity contribution < 1.29 is 9.90 Å². The summed E-state index contributed by atoms with van der Waals surface area (Å²) in [4.78, 5) is 13.5. The van der Waals surface area contributed by atoms with E-state index in [-0.39, 0.29) is 6.04 Å². The summed E-state index contributed by atoms with van der Waals surface area (Å²) in [7, 11) is 0. The quantitative estimate of drug-likeness (QED) is 0.640. The van der Waals surface area contributed by atoms with Gasteiger partial charge in [0.05, 0.1) is 0 Å². The van der Waals surface area contributed by atoms with E-state index in [0.29, 0.717) is 6.42 Å². The Bertz CT molecular complexity index is 244. The maximum absolute atomic E-state index is 11.2. The van der Waals surface area contributed by atoms with Gasteiger partial charge in [-0.15, -0.1) is 0 Å². The summed E-state index contributed by atoms with van der Waals surface area (Å²) < 4.78 is 0. The summed E-state index contributed by atoms with van der Waals surface area (Å²) in [6.45, 7) is 2.05. The van der Waals surface area contributed by atoms with Crippen LogP contribution in [0.25, 0.3) is 0 Å². The van der Waals surface area contributed by atoms with Crippen LogP contribution in [0.1, 0.15) is 32.1 Å². The average molecular weight is 198 g/mol. The second kappa shape index (κ2) is 3.51. The molecule has 2 saturated heterocycles. The van der Waals surface area contributed by atoms with Gasteiger partial charge in [0.15, 0.2) is 0 Å². The predicted molar refractivity (Wildman–Crippen MR) is 53.0 cm³/mol. The number of rotatable bonds is 1. The number of hydrogen-bond acceptors (Lipinski definition) is 3. The fourth-order valence-corrected chi connectivity index (χ4v) is 2.83. The zero-order valence-electron chi connectivity index (χ0n) is 8.41. The molecule has 80 valence electrons. The number of carboxylic acid groups (broad SMARTS) is 1. The molecule has 0 radical (unpaired) electrons. The summed E-state index contributed by atoms with van der Waals surface area (Å²) in [6.07, 6.45) is 4.70. The number of hydrogen-bond donors (Lipinski definition) is 2. The fourth-order valence-electron chi connectivity index (χ4n) is 2.83. The highest BCUT2D eigenvalue weighted by atomic mass is 16.4. The highest BCUT2D eigenvalue weighted by Crippen LogP contribution is 2.32. The van der Waals surface area contributed by atoms with Gasteiger partial charge in [-0.2, -0.15) is 0 Å². The minimum atomic E-state index is -0.993. The van der Waals surface area contributed by atoms with Gasteiger partial charge < -0.3 is 10.8 Å². The van der Waals surface area contributed by atoms with Gasteiger partial charge in [-0.25, -0.2) is 0 Å². The number of nitrogens with two attached hydrogens (primary N) is 1. The van der Waals surface area contributed by atoms with Crippen LogP contribution < -0.4 is 5.73 Å². The summed E-state index contributed by atoms with van der Waals surface area (Å²) in [5.41, 5.74) is 5.05. The average Bonchev–Trinajstić information content (AvgIpc) is 2.54. The van der Waals surface area contributed by atoms with Gasteiger partial charge in [-0.1, -0.05) is 0 Å². The Balaban J connectivity index is 2.24. The first-order valence-corrected chi connectivity index (χ1v) is 5.41. The largest absolute Gasteiger partial charge is 0.480 e. The Morgan fingerprint density at radius 1 is 1.36 bits per heavy atom. The molecule has 2 heterocycles. The second-order valence-corrected chi connectivity index (χ2v) is 4.50. The third-order valence-electron chi connectivity index (χ3n) is 3.64. The molecule has 2 aliphatic rings. The lowest BCUT2D eigenvalue weighted by molar-refractivity contribution is -0.145. The normalized spacial score (nSPS) is 39.1. The smallest absolute Gasteiger partial charge is 0.325 e. The fraction of sp³-hybridized carbons (Fsp3) is 0.900. The lowest BCUT2D eigenvalue weighted by atomic mass is 9.86. The number of carboxylic acids is 1. The minimum Gasteiger partial charge on any atom is -0.480 e. The molecule has 2 fully saturated rings. The van der Waals surface area contributed by atoms with E-state index in [2.05, 4.69) is 4.90 Å². The summed E-state index contributed by atoms with van der Waals surface area (Å²) in [5.74, 6) is -0.823. The Labute approximate surface area is 84.1 Å². The Kier molecular flexibility index (Phi) is 2.49. The molecule has 0 saturated carbocycles. The summed E-state index contributed by atoms with van der Waals surface area (Å²) in [6, 6.07) is 0.0718. The van der Waals surface area contributed by atoms with Gasteiger partial charge in [-0.05, 0) is 45.2 Å². The zero-order chi connectivity index (χ0) is 10.2. The van der Waals surface area contributed by atoms with Crippen molar-refractivity contribution in [1.82, 2.24) is 4.90 Å². The lowest BCUT2D eigenvalue weighted by Crippen LogP contribution is -2.60. The van der Waals surface area contributed by atoms with Crippen LogP contribution >= 0.6 is 0 Å². The molecule has 0 aromatic carbocycles. The number of aliphatic carboxylic acids is 1. The van der Waals surface area contributed by atoms with E-state index >= 15 is 0 Å². The monoisotopic (exact) mass is 198 g/mol. The van der Waals surface area contributed by atoms with Crippen LogP contribution in [0.3, 0.4) is 0 Å². The molecular formula is C10H18N2O2. The molecular weight excluding hydrogens is 180 g/mol. The van der Waals surface area contributed by atoms with E-state index in [4.69, 9.17) is 5.73 Å². The van der Waals surface area contributed by atoms with E-state index in [9.17, 15) is 9.90 Å². The molecule has 0 unspecified atom stereocenters. The van der Waals surface area contributed by atoms with E-state index in [1.54, 1.807) is 0 Å². The van der Waals surface area contributed by atoms with E-state index in [0.717, 1.165) is 38.8 Å². The van der Waals surface area contributed by atoms with Crippen molar-refractivity contribution in [3.63, 3.8) is 0 Å². The standard InChI is InChI=1S/C10H18N2O2/c11-10(9(13)14)5-1-2-6-12-7-3-4-8(10)12/h8H,1-7,11H2,(H,13,14)/t8-,10+/m1/s1. The van der Waals surface area contributed by atoms with Crippen LogP contribution in [0.4, 0.5) is 0 Å². The molecule has 0 aromatic rings. The van der Waals surface area contributed by atoms with Crippen LogP contribution in [0, 0.1) is 0 Å². The van der Waals surface area contributed by atoms with Crippen LogP contribution in [0.5, 0.6) is 0 Å². The highest BCUT2D eigenvalue weighted by Gasteiger charge is 2.47. The van der Waals surface area contributed by atoms with Crippen LogP contribution in [-0.4, -0.2) is 40.6 Å². The van der Waals surface area contributed by atoms with Gasteiger partial charge >= 0.3 is 5.97 Å².